The van der Waals surface area contributed by atoms with Gasteiger partial charge >= 0.3 is 5.69 Å². The molecule has 1 heterocycles. The van der Waals surface area contributed by atoms with Crippen molar-refractivity contribution in [3.63, 3.8) is 0 Å². The van der Waals surface area contributed by atoms with Gasteiger partial charge in [-0.3, -0.25) is 19.1 Å². The second-order valence-electron chi connectivity index (χ2n) is 3.85. The van der Waals surface area contributed by atoms with Crippen molar-refractivity contribution in [1.29, 1.82) is 0 Å². The average Bonchev–Trinajstić information content (AvgIpc) is 2.37. The second-order valence-corrected chi connectivity index (χ2v) is 3.85. The van der Waals surface area contributed by atoms with Crippen LogP contribution in [0.1, 0.15) is 36.8 Å². The fraction of sp³-hybridized carbons (Fsp3) is 0.462. The van der Waals surface area contributed by atoms with Crippen LogP contribution in [0.15, 0.2) is 21.7 Å². The first-order valence-electron chi connectivity index (χ1n) is 6.17. The molecule has 0 bridgehead atoms. The van der Waals surface area contributed by atoms with Crippen molar-refractivity contribution in [3.8, 4) is 0 Å². The van der Waals surface area contributed by atoms with Crippen LogP contribution in [0.25, 0.3) is 0 Å². The molecule has 0 amide bonds. The lowest BCUT2D eigenvalue weighted by molar-refractivity contribution is 0.0786. The van der Waals surface area contributed by atoms with Crippen LogP contribution < -0.4 is 11.2 Å². The molecule has 1 rings (SSSR count). The van der Waals surface area contributed by atoms with E-state index < -0.39 is 11.2 Å². The molecule has 6 nitrogen and oxygen atoms in total. The minimum Gasteiger partial charge on any atom is -0.361 e. The molecule has 0 atom stereocenters. The molecule has 6 heteroatoms. The van der Waals surface area contributed by atoms with Crippen molar-refractivity contribution >= 4 is 5.78 Å². The lowest BCUT2D eigenvalue weighted by atomic mass is 10.1. The summed E-state index contributed by atoms with van der Waals surface area (Å²) in [7, 11) is 0. The summed E-state index contributed by atoms with van der Waals surface area (Å²) in [5, 5.41) is 0. The van der Waals surface area contributed by atoms with Crippen LogP contribution in [0.2, 0.25) is 0 Å². The number of carbonyl (C=O) groups is 1. The molecule has 1 N–H and O–H groups in total. The predicted octanol–water partition coefficient (Wildman–Crippen LogP) is 0.852. The number of allylic oxidation sites excluding steroid dienone is 2. The van der Waals surface area contributed by atoms with Gasteiger partial charge in [-0.1, -0.05) is 13.0 Å². The molecule has 0 saturated heterocycles. The van der Waals surface area contributed by atoms with E-state index in [0.29, 0.717) is 18.6 Å². The summed E-state index contributed by atoms with van der Waals surface area (Å²) in [5.74, 6) is -0.373. The van der Waals surface area contributed by atoms with Crippen LogP contribution >= 0.6 is 0 Å². The van der Waals surface area contributed by atoms with E-state index in [1.165, 1.54) is 6.08 Å². The molecule has 0 fully saturated rings. The number of hydrogen-bond acceptors (Lipinski definition) is 4. The van der Waals surface area contributed by atoms with Crippen LogP contribution in [0.4, 0.5) is 0 Å². The number of rotatable bonds is 6. The van der Waals surface area contributed by atoms with Gasteiger partial charge in [-0.05, 0) is 26.3 Å². The summed E-state index contributed by atoms with van der Waals surface area (Å²) in [5.41, 5.74) is -0.762. The van der Waals surface area contributed by atoms with Gasteiger partial charge in [0.15, 0.2) is 0 Å². The fourth-order valence-electron chi connectivity index (χ4n) is 1.76. The van der Waals surface area contributed by atoms with Crippen LogP contribution in [-0.2, 0) is 17.9 Å². The Morgan fingerprint density at radius 2 is 2.05 bits per heavy atom. The van der Waals surface area contributed by atoms with E-state index in [0.717, 1.165) is 4.57 Å². The van der Waals surface area contributed by atoms with E-state index in [2.05, 4.69) is 4.98 Å². The molecular formula is C13H18N2O4. The first-order chi connectivity index (χ1) is 9.06. The number of nitrogens with zero attached hydrogens (tertiary/aromatic N) is 1. The van der Waals surface area contributed by atoms with Gasteiger partial charge in [-0.15, -0.1) is 0 Å². The van der Waals surface area contributed by atoms with Gasteiger partial charge < -0.3 is 4.74 Å². The minimum absolute atomic E-state index is 0.0578. The van der Waals surface area contributed by atoms with Crippen LogP contribution in [0, 0.1) is 0 Å². The highest BCUT2D eigenvalue weighted by Crippen LogP contribution is 2.05. The van der Waals surface area contributed by atoms with Crippen molar-refractivity contribution in [1.82, 2.24) is 9.55 Å². The van der Waals surface area contributed by atoms with Gasteiger partial charge in [0, 0.05) is 12.2 Å². The Morgan fingerprint density at radius 3 is 2.58 bits per heavy atom. The minimum atomic E-state index is -0.636. The third-order valence-corrected chi connectivity index (χ3v) is 2.62. The summed E-state index contributed by atoms with van der Waals surface area (Å²) < 4.78 is 6.33. The summed E-state index contributed by atoms with van der Waals surface area (Å²) in [6.45, 7) is 5.58. The number of nitrogens with one attached hydrogen (secondary N) is 1. The van der Waals surface area contributed by atoms with E-state index in [1.54, 1.807) is 26.8 Å². The standard InChI is InChI=1S/C13H18N2O4/c1-4-7-10(16)11-9(5-2)12(17)14-13(18)15(11)8-19-6-3/h4,7H,5-6,8H2,1-3H3,(H,14,17,18)/b7-4+. The number of H-pyrrole nitrogens is 1. The summed E-state index contributed by atoms with van der Waals surface area (Å²) in [4.78, 5) is 37.8. The lowest BCUT2D eigenvalue weighted by Gasteiger charge is -2.13. The molecule has 19 heavy (non-hydrogen) atoms. The van der Waals surface area contributed by atoms with Crippen molar-refractivity contribution < 1.29 is 9.53 Å². The van der Waals surface area contributed by atoms with Gasteiger partial charge in [0.1, 0.15) is 12.4 Å². The maximum absolute atomic E-state index is 12.1. The Kier molecular flexibility index (Phi) is 5.44. The Balaban J connectivity index is 3.55. The average molecular weight is 266 g/mol. The summed E-state index contributed by atoms with van der Waals surface area (Å²) in [6, 6.07) is 0. The number of ether oxygens (including phenoxy) is 1. The molecule has 0 radical (unpaired) electrons. The van der Waals surface area contributed by atoms with Crippen LogP contribution in [0.3, 0.4) is 0 Å². The molecule has 0 spiro atoms. The Morgan fingerprint density at radius 1 is 1.37 bits per heavy atom. The molecule has 0 aliphatic rings. The maximum atomic E-state index is 12.1. The number of aromatic nitrogens is 2. The largest absolute Gasteiger partial charge is 0.361 e. The predicted molar refractivity (Wildman–Crippen MR) is 71.5 cm³/mol. The molecule has 0 aromatic carbocycles. The third kappa shape index (κ3) is 3.29. The molecule has 1 aromatic heterocycles. The smallest absolute Gasteiger partial charge is 0.330 e. The normalized spacial score (nSPS) is 11.1. The van der Waals surface area contributed by atoms with Crippen molar-refractivity contribution in [2.75, 3.05) is 6.61 Å². The number of hydrogen-bond donors (Lipinski definition) is 1. The zero-order valence-corrected chi connectivity index (χ0v) is 11.4. The molecule has 1 aromatic rings. The van der Waals surface area contributed by atoms with Gasteiger partial charge in [0.25, 0.3) is 5.56 Å². The molecule has 0 aliphatic heterocycles. The first-order valence-corrected chi connectivity index (χ1v) is 6.17. The zero-order valence-electron chi connectivity index (χ0n) is 11.4. The van der Waals surface area contributed by atoms with Gasteiger partial charge in [-0.2, -0.15) is 0 Å². The molecule has 0 aliphatic carbocycles. The molecule has 0 unspecified atom stereocenters. The van der Waals surface area contributed by atoms with Crippen molar-refractivity contribution in [3.05, 3.63) is 44.2 Å². The van der Waals surface area contributed by atoms with E-state index >= 15 is 0 Å². The van der Waals surface area contributed by atoms with E-state index in [1.807, 2.05) is 0 Å². The number of aromatic amines is 1. The quantitative estimate of drug-likeness (QED) is 0.611. The van der Waals surface area contributed by atoms with E-state index in [4.69, 9.17) is 4.74 Å². The monoisotopic (exact) mass is 266 g/mol. The van der Waals surface area contributed by atoms with E-state index in [9.17, 15) is 14.4 Å². The first kappa shape index (κ1) is 15.1. The number of ketones is 1. The highest BCUT2D eigenvalue weighted by atomic mass is 16.5. The van der Waals surface area contributed by atoms with E-state index in [-0.39, 0.29) is 18.2 Å². The SMILES string of the molecule is C/C=C/C(=O)c1c(CC)c(=O)[nH]c(=O)n1COCC. The second kappa shape index (κ2) is 6.84. The Labute approximate surface area is 110 Å². The topological polar surface area (TPSA) is 81.2 Å². The number of carbonyl (C=O) groups excluding carboxylic acids is 1. The Bertz CT molecular complexity index is 596. The Hall–Kier alpha value is -1.95. The highest BCUT2D eigenvalue weighted by molar-refractivity contribution is 6.04. The van der Waals surface area contributed by atoms with Gasteiger partial charge in [0.2, 0.25) is 5.78 Å². The molecular weight excluding hydrogens is 248 g/mol. The third-order valence-electron chi connectivity index (χ3n) is 2.62. The summed E-state index contributed by atoms with van der Waals surface area (Å²) in [6.07, 6.45) is 3.26. The zero-order chi connectivity index (χ0) is 14.4. The van der Waals surface area contributed by atoms with Crippen LogP contribution in [0.5, 0.6) is 0 Å². The maximum Gasteiger partial charge on any atom is 0.330 e. The summed E-state index contributed by atoms with van der Waals surface area (Å²) >= 11 is 0. The van der Waals surface area contributed by atoms with Crippen molar-refractivity contribution in [2.24, 2.45) is 0 Å². The lowest BCUT2D eigenvalue weighted by Crippen LogP contribution is -2.37. The van der Waals surface area contributed by atoms with Crippen LogP contribution in [-0.4, -0.2) is 21.9 Å². The van der Waals surface area contributed by atoms with Gasteiger partial charge in [-0.25, -0.2) is 4.79 Å². The highest BCUT2D eigenvalue weighted by Gasteiger charge is 2.18. The van der Waals surface area contributed by atoms with Gasteiger partial charge in [0.05, 0.1) is 0 Å². The molecule has 104 valence electrons. The fourth-order valence-corrected chi connectivity index (χ4v) is 1.76. The van der Waals surface area contributed by atoms with Crippen molar-refractivity contribution in [2.45, 2.75) is 33.9 Å². The molecule has 0 saturated carbocycles.